The molecule has 2 aliphatic rings. The Bertz CT molecular complexity index is 1190. The van der Waals surface area contributed by atoms with Crippen LogP contribution < -0.4 is 5.32 Å². The number of nitrogens with one attached hydrogen (secondary N) is 1. The first-order valence-corrected chi connectivity index (χ1v) is 12.7. The minimum atomic E-state index is -3.44. The topological polar surface area (TPSA) is 115 Å². The highest BCUT2D eigenvalue weighted by Crippen LogP contribution is 2.27. The number of hydrogen-bond acceptors (Lipinski definition) is 8. The summed E-state index contributed by atoms with van der Waals surface area (Å²) >= 11 is 0. The molecule has 5 rings (SSSR count). The molecule has 174 valence electrons. The van der Waals surface area contributed by atoms with E-state index in [0.29, 0.717) is 30.2 Å². The van der Waals surface area contributed by atoms with Gasteiger partial charge in [0.05, 0.1) is 35.2 Å². The molecule has 3 aromatic rings. The van der Waals surface area contributed by atoms with Crippen LogP contribution in [-0.4, -0.2) is 66.8 Å². The van der Waals surface area contributed by atoms with Crippen molar-refractivity contribution >= 4 is 26.7 Å². The zero-order valence-corrected chi connectivity index (χ0v) is 19.0. The number of pyridine rings is 2. The first-order chi connectivity index (χ1) is 16.0. The van der Waals surface area contributed by atoms with Crippen molar-refractivity contribution < 1.29 is 22.4 Å². The van der Waals surface area contributed by atoms with E-state index in [1.165, 1.54) is 6.20 Å². The lowest BCUT2D eigenvalue weighted by molar-refractivity contribution is 0.0925. The van der Waals surface area contributed by atoms with Gasteiger partial charge in [-0.2, -0.15) is 0 Å². The number of ether oxygens (including phenoxy) is 1. The summed E-state index contributed by atoms with van der Waals surface area (Å²) in [5.41, 5.74) is 1.11. The van der Waals surface area contributed by atoms with Crippen LogP contribution >= 0.6 is 0 Å². The molecule has 9 nitrogen and oxygen atoms in total. The van der Waals surface area contributed by atoms with Gasteiger partial charge in [0.25, 0.3) is 5.91 Å². The van der Waals surface area contributed by atoms with Crippen LogP contribution in [0.5, 0.6) is 0 Å². The van der Waals surface area contributed by atoms with Gasteiger partial charge in [0.1, 0.15) is 0 Å². The number of aromatic nitrogens is 2. The summed E-state index contributed by atoms with van der Waals surface area (Å²) in [6, 6.07) is 7.05. The van der Waals surface area contributed by atoms with Gasteiger partial charge in [-0.1, -0.05) is 0 Å². The number of likely N-dealkylation sites (tertiary alicyclic amines) is 1. The van der Waals surface area contributed by atoms with Crippen molar-refractivity contribution in [1.29, 1.82) is 0 Å². The zero-order valence-electron chi connectivity index (χ0n) is 18.1. The normalized spacial score (nSPS) is 20.3. The number of piperidine rings is 1. The second kappa shape index (κ2) is 9.20. The number of carbonyl (C=O) groups excluding carboxylic acids is 1. The van der Waals surface area contributed by atoms with E-state index in [-0.39, 0.29) is 23.1 Å². The van der Waals surface area contributed by atoms with Crippen molar-refractivity contribution in [3.63, 3.8) is 0 Å². The quantitative estimate of drug-likeness (QED) is 0.583. The summed E-state index contributed by atoms with van der Waals surface area (Å²) in [6.07, 6.45) is 6.83. The monoisotopic (exact) mass is 470 g/mol. The van der Waals surface area contributed by atoms with Crippen LogP contribution in [0.3, 0.4) is 0 Å². The van der Waals surface area contributed by atoms with Crippen LogP contribution in [0.1, 0.15) is 35.5 Å². The van der Waals surface area contributed by atoms with Crippen molar-refractivity contribution in [3.05, 3.63) is 54.3 Å². The lowest BCUT2D eigenvalue weighted by atomic mass is 10.1. The van der Waals surface area contributed by atoms with Crippen LogP contribution in [0.25, 0.3) is 11.0 Å². The summed E-state index contributed by atoms with van der Waals surface area (Å²) < 4.78 is 37.1. The van der Waals surface area contributed by atoms with E-state index in [1.54, 1.807) is 36.7 Å². The molecular formula is C23H26N4O5S. The Balaban J connectivity index is 1.18. The third-order valence-corrected chi connectivity index (χ3v) is 8.69. The summed E-state index contributed by atoms with van der Waals surface area (Å²) in [5.74, 6) is -0.183. The van der Waals surface area contributed by atoms with E-state index >= 15 is 0 Å². The van der Waals surface area contributed by atoms with E-state index in [2.05, 4.69) is 20.2 Å². The molecule has 1 amide bonds. The third-order valence-electron chi connectivity index (χ3n) is 6.44. The van der Waals surface area contributed by atoms with Gasteiger partial charge in [-0.3, -0.25) is 19.7 Å². The minimum absolute atomic E-state index is 0.163. The number of furan rings is 1. The lowest BCUT2D eigenvalue weighted by Gasteiger charge is -2.35. The van der Waals surface area contributed by atoms with Crippen LogP contribution in [0.4, 0.5) is 0 Å². The Morgan fingerprint density at radius 1 is 1.15 bits per heavy atom. The number of amides is 1. The Kier molecular flexibility index (Phi) is 6.13. The number of carbonyl (C=O) groups is 1. The molecule has 0 radical (unpaired) electrons. The second-order valence-corrected chi connectivity index (χ2v) is 10.7. The molecule has 33 heavy (non-hydrogen) atoms. The molecule has 1 unspecified atom stereocenters. The summed E-state index contributed by atoms with van der Waals surface area (Å²) in [4.78, 5) is 23.2. The summed E-state index contributed by atoms with van der Waals surface area (Å²) in [5, 5.41) is 3.15. The molecule has 10 heteroatoms. The van der Waals surface area contributed by atoms with E-state index in [1.807, 2.05) is 0 Å². The molecule has 0 aliphatic carbocycles. The highest BCUT2D eigenvalue weighted by atomic mass is 32.2. The predicted octanol–water partition coefficient (Wildman–Crippen LogP) is 2.18. The highest BCUT2D eigenvalue weighted by molar-refractivity contribution is 7.92. The second-order valence-electron chi connectivity index (χ2n) is 8.49. The van der Waals surface area contributed by atoms with Crippen molar-refractivity contribution in [2.45, 2.75) is 42.0 Å². The van der Waals surface area contributed by atoms with Crippen molar-refractivity contribution in [2.24, 2.45) is 0 Å². The molecule has 0 spiro atoms. The minimum Gasteiger partial charge on any atom is -0.449 e. The van der Waals surface area contributed by atoms with E-state index in [4.69, 9.17) is 9.15 Å². The van der Waals surface area contributed by atoms with Crippen LogP contribution in [0.2, 0.25) is 0 Å². The Hall–Kier alpha value is -2.82. The van der Waals surface area contributed by atoms with Crippen LogP contribution in [-0.2, 0) is 21.1 Å². The smallest absolute Gasteiger partial charge is 0.287 e. The Morgan fingerprint density at radius 3 is 2.70 bits per heavy atom. The molecule has 0 bridgehead atoms. The molecule has 2 saturated heterocycles. The Morgan fingerprint density at radius 2 is 2.00 bits per heavy atom. The average molecular weight is 471 g/mol. The highest BCUT2D eigenvalue weighted by Gasteiger charge is 2.34. The molecule has 1 atom stereocenters. The molecule has 0 saturated carbocycles. The Labute approximate surface area is 192 Å². The van der Waals surface area contributed by atoms with Gasteiger partial charge in [-0.15, -0.1) is 0 Å². The maximum Gasteiger partial charge on any atom is 0.287 e. The number of sulfone groups is 1. The van der Waals surface area contributed by atoms with E-state index in [9.17, 15) is 13.2 Å². The van der Waals surface area contributed by atoms with Crippen LogP contribution in [0.15, 0.2) is 52.2 Å². The molecule has 1 N–H and O–H groups in total. The largest absolute Gasteiger partial charge is 0.449 e. The summed E-state index contributed by atoms with van der Waals surface area (Å²) in [6.45, 7) is 3.24. The van der Waals surface area contributed by atoms with Gasteiger partial charge >= 0.3 is 0 Å². The van der Waals surface area contributed by atoms with Gasteiger partial charge in [0, 0.05) is 30.4 Å². The van der Waals surface area contributed by atoms with Crippen molar-refractivity contribution in [2.75, 3.05) is 26.3 Å². The fraction of sp³-hybridized carbons (Fsp3) is 0.435. The molecule has 2 aliphatic heterocycles. The molecule has 2 fully saturated rings. The van der Waals surface area contributed by atoms with Gasteiger partial charge in [-0.05, 0) is 56.6 Å². The first kappa shape index (κ1) is 22.0. The van der Waals surface area contributed by atoms with Crippen LogP contribution in [0, 0.1) is 0 Å². The zero-order chi connectivity index (χ0) is 22.8. The van der Waals surface area contributed by atoms with E-state index < -0.39 is 15.1 Å². The molecular weight excluding hydrogens is 444 g/mol. The third kappa shape index (κ3) is 4.64. The van der Waals surface area contributed by atoms with Gasteiger partial charge in [0.2, 0.25) is 0 Å². The number of nitrogens with zero attached hydrogens (tertiary/aromatic N) is 3. The maximum absolute atomic E-state index is 13.1. The molecule has 0 aromatic carbocycles. The fourth-order valence-corrected chi connectivity index (χ4v) is 6.17. The number of fused-ring (bicyclic) bond motifs is 1. The van der Waals surface area contributed by atoms with E-state index in [0.717, 1.165) is 38.1 Å². The molecule has 5 heterocycles. The van der Waals surface area contributed by atoms with Crippen molar-refractivity contribution in [1.82, 2.24) is 20.2 Å². The first-order valence-electron chi connectivity index (χ1n) is 11.1. The maximum atomic E-state index is 13.1. The number of hydrogen-bond donors (Lipinski definition) is 1. The average Bonchev–Trinajstić information content (AvgIpc) is 3.53. The van der Waals surface area contributed by atoms with Crippen molar-refractivity contribution in [3.8, 4) is 0 Å². The summed E-state index contributed by atoms with van der Waals surface area (Å²) in [7, 11) is -3.44. The van der Waals surface area contributed by atoms with Gasteiger partial charge in [0.15, 0.2) is 21.2 Å². The predicted molar refractivity (Wildman–Crippen MR) is 120 cm³/mol. The fourth-order valence-electron chi connectivity index (χ4n) is 4.49. The van der Waals surface area contributed by atoms with Gasteiger partial charge < -0.3 is 14.5 Å². The molecule has 3 aromatic heterocycles. The number of rotatable bonds is 6. The lowest BCUT2D eigenvalue weighted by Crippen LogP contribution is -2.44. The SMILES string of the molecule is O=C(NCc1ccc(S(=O)(=O)C2CCN(C3CCOC3)CC2)cn1)c1cc2ccncc2o1. The standard InChI is InChI=1S/C23H26N4O5S/c28-23(21-11-16-3-7-24-14-22(16)32-21)26-12-17-1-2-20(13-25-17)33(29,30)19-4-8-27(9-5-19)18-6-10-31-15-18/h1-3,7,11,13-14,18-19H,4-6,8-10,12,15H2,(H,26,28). The van der Waals surface area contributed by atoms with Gasteiger partial charge in [-0.25, -0.2) is 8.42 Å².